The zero-order valence-corrected chi connectivity index (χ0v) is 15.5. The van der Waals surface area contributed by atoms with Crippen molar-refractivity contribution in [3.8, 4) is 0 Å². The fourth-order valence-electron chi connectivity index (χ4n) is 2.99. The van der Waals surface area contributed by atoms with Crippen LogP contribution in [0.4, 0.5) is 0 Å². The van der Waals surface area contributed by atoms with Crippen molar-refractivity contribution in [3.05, 3.63) is 35.1 Å². The monoisotopic (exact) mass is 378 g/mol. The second-order valence-electron chi connectivity index (χ2n) is 6.02. The second-order valence-corrected chi connectivity index (χ2v) is 8.21. The van der Waals surface area contributed by atoms with E-state index in [0.717, 1.165) is 5.25 Å². The number of piperidine rings is 1. The Kier molecular flexibility index (Phi) is 5.77. The van der Waals surface area contributed by atoms with Gasteiger partial charge in [0.25, 0.3) is 0 Å². The SMILES string of the molecule is CCCCN1CCC(Sc2cc3ccncc3cc2Br)CC1. The summed E-state index contributed by atoms with van der Waals surface area (Å²) in [7, 11) is 0. The average molecular weight is 379 g/mol. The summed E-state index contributed by atoms with van der Waals surface area (Å²) in [6.07, 6.45) is 9.04. The van der Waals surface area contributed by atoms with Crippen molar-refractivity contribution in [1.29, 1.82) is 0 Å². The van der Waals surface area contributed by atoms with Gasteiger partial charge in [-0.15, -0.1) is 11.8 Å². The molecule has 1 aromatic carbocycles. The smallest absolute Gasteiger partial charge is 0.0346 e. The van der Waals surface area contributed by atoms with Gasteiger partial charge in [-0.2, -0.15) is 0 Å². The number of likely N-dealkylation sites (tertiary alicyclic amines) is 1. The summed E-state index contributed by atoms with van der Waals surface area (Å²) < 4.78 is 1.20. The standard InChI is InChI=1S/C18H23BrN2S/c1-2-3-8-21-9-5-16(6-10-21)22-18-12-14-4-7-20-13-15(14)11-17(18)19/h4,7,11-13,16H,2-3,5-6,8-10H2,1H3. The van der Waals surface area contributed by atoms with Gasteiger partial charge < -0.3 is 4.90 Å². The van der Waals surface area contributed by atoms with E-state index in [4.69, 9.17) is 0 Å². The van der Waals surface area contributed by atoms with Gasteiger partial charge in [-0.1, -0.05) is 13.3 Å². The molecule has 0 unspecified atom stereocenters. The molecule has 2 aromatic rings. The lowest BCUT2D eigenvalue weighted by Gasteiger charge is -2.31. The highest BCUT2D eigenvalue weighted by Gasteiger charge is 2.20. The lowest BCUT2D eigenvalue weighted by molar-refractivity contribution is 0.229. The third-order valence-electron chi connectivity index (χ3n) is 4.35. The normalized spacial score (nSPS) is 17.2. The maximum Gasteiger partial charge on any atom is 0.0346 e. The van der Waals surface area contributed by atoms with Crippen LogP contribution in [0, 0.1) is 0 Å². The number of unbranched alkanes of at least 4 members (excludes halogenated alkanes) is 1. The molecule has 1 aromatic heterocycles. The van der Waals surface area contributed by atoms with Crippen molar-refractivity contribution < 1.29 is 0 Å². The van der Waals surface area contributed by atoms with Gasteiger partial charge in [-0.3, -0.25) is 4.98 Å². The number of hydrogen-bond donors (Lipinski definition) is 0. The molecule has 4 heteroatoms. The molecule has 0 bridgehead atoms. The van der Waals surface area contributed by atoms with Crippen LogP contribution in [0.3, 0.4) is 0 Å². The zero-order valence-electron chi connectivity index (χ0n) is 13.1. The third kappa shape index (κ3) is 4.03. The van der Waals surface area contributed by atoms with Crippen molar-refractivity contribution >= 4 is 38.5 Å². The maximum absolute atomic E-state index is 4.20. The van der Waals surface area contributed by atoms with Crippen molar-refractivity contribution in [1.82, 2.24) is 9.88 Å². The molecule has 2 nitrogen and oxygen atoms in total. The van der Waals surface area contributed by atoms with Gasteiger partial charge in [-0.25, -0.2) is 0 Å². The van der Waals surface area contributed by atoms with Gasteiger partial charge in [-0.05, 0) is 78.4 Å². The van der Waals surface area contributed by atoms with Crippen LogP contribution in [0.1, 0.15) is 32.6 Å². The molecule has 22 heavy (non-hydrogen) atoms. The molecule has 2 heterocycles. The summed E-state index contributed by atoms with van der Waals surface area (Å²) in [4.78, 5) is 8.19. The summed E-state index contributed by atoms with van der Waals surface area (Å²) in [6, 6.07) is 6.59. The van der Waals surface area contributed by atoms with E-state index in [2.05, 4.69) is 50.9 Å². The summed E-state index contributed by atoms with van der Waals surface area (Å²) >= 11 is 5.77. The number of nitrogens with zero attached hydrogens (tertiary/aromatic N) is 2. The molecule has 0 aliphatic carbocycles. The highest BCUT2D eigenvalue weighted by molar-refractivity contribution is 9.10. The predicted molar refractivity (Wildman–Crippen MR) is 99.7 cm³/mol. The number of benzene rings is 1. The summed E-state index contributed by atoms with van der Waals surface area (Å²) in [5, 5.41) is 3.22. The number of fused-ring (bicyclic) bond motifs is 1. The predicted octanol–water partition coefficient (Wildman–Crippen LogP) is 5.35. The van der Waals surface area contributed by atoms with Crippen molar-refractivity contribution in [2.45, 2.75) is 42.8 Å². The molecule has 0 amide bonds. The van der Waals surface area contributed by atoms with E-state index in [-0.39, 0.29) is 0 Å². The molecule has 118 valence electrons. The van der Waals surface area contributed by atoms with E-state index in [1.54, 1.807) is 0 Å². The quantitative estimate of drug-likeness (QED) is 0.696. The number of rotatable bonds is 5. The molecule has 1 aliphatic heterocycles. The molecule has 1 saturated heterocycles. The van der Waals surface area contributed by atoms with Crippen molar-refractivity contribution in [2.24, 2.45) is 0 Å². The van der Waals surface area contributed by atoms with Crippen LogP contribution < -0.4 is 0 Å². The van der Waals surface area contributed by atoms with Gasteiger partial charge in [0.1, 0.15) is 0 Å². The Balaban J connectivity index is 1.63. The Labute approximate surface area is 145 Å². The Hall–Kier alpha value is -0.580. The highest BCUT2D eigenvalue weighted by atomic mass is 79.9. The molecule has 1 fully saturated rings. The van der Waals surface area contributed by atoms with Crippen LogP contribution in [0.15, 0.2) is 40.0 Å². The van der Waals surface area contributed by atoms with Gasteiger partial charge in [0.15, 0.2) is 0 Å². The van der Waals surface area contributed by atoms with Crippen LogP contribution in [-0.2, 0) is 0 Å². The first-order chi connectivity index (χ1) is 10.8. The molecule has 0 saturated carbocycles. The van der Waals surface area contributed by atoms with E-state index in [0.29, 0.717) is 0 Å². The lowest BCUT2D eigenvalue weighted by atomic mass is 10.1. The molecule has 0 spiro atoms. The van der Waals surface area contributed by atoms with Crippen LogP contribution in [0.5, 0.6) is 0 Å². The molecular weight excluding hydrogens is 356 g/mol. The number of halogens is 1. The Bertz CT molecular complexity index is 624. The van der Waals surface area contributed by atoms with Crippen LogP contribution in [-0.4, -0.2) is 34.8 Å². The van der Waals surface area contributed by atoms with E-state index >= 15 is 0 Å². The second kappa shape index (κ2) is 7.80. The van der Waals surface area contributed by atoms with E-state index in [1.165, 1.54) is 65.5 Å². The minimum atomic E-state index is 0.744. The molecule has 3 rings (SSSR count). The minimum absolute atomic E-state index is 0.744. The largest absolute Gasteiger partial charge is 0.303 e. The summed E-state index contributed by atoms with van der Waals surface area (Å²) in [6.45, 7) is 6.06. The summed E-state index contributed by atoms with van der Waals surface area (Å²) in [5.74, 6) is 0. The van der Waals surface area contributed by atoms with Crippen LogP contribution in [0.2, 0.25) is 0 Å². The average Bonchev–Trinajstić information content (AvgIpc) is 2.55. The first kappa shape index (κ1) is 16.3. The molecule has 0 N–H and O–H groups in total. The number of pyridine rings is 1. The lowest BCUT2D eigenvalue weighted by Crippen LogP contribution is -2.35. The van der Waals surface area contributed by atoms with Gasteiger partial charge >= 0.3 is 0 Å². The Morgan fingerprint density at radius 1 is 1.27 bits per heavy atom. The van der Waals surface area contributed by atoms with Crippen molar-refractivity contribution in [3.63, 3.8) is 0 Å². The molecule has 1 aliphatic rings. The number of thioether (sulfide) groups is 1. The van der Waals surface area contributed by atoms with Crippen LogP contribution >= 0.6 is 27.7 Å². The first-order valence-electron chi connectivity index (χ1n) is 8.18. The van der Waals surface area contributed by atoms with Crippen LogP contribution in [0.25, 0.3) is 10.8 Å². The topological polar surface area (TPSA) is 16.1 Å². The number of hydrogen-bond acceptors (Lipinski definition) is 3. The molecule has 0 atom stereocenters. The van der Waals surface area contributed by atoms with E-state index < -0.39 is 0 Å². The van der Waals surface area contributed by atoms with Gasteiger partial charge in [0.05, 0.1) is 0 Å². The number of aromatic nitrogens is 1. The minimum Gasteiger partial charge on any atom is -0.303 e. The Morgan fingerprint density at radius 3 is 2.86 bits per heavy atom. The Morgan fingerprint density at radius 2 is 2.09 bits per heavy atom. The fraction of sp³-hybridized carbons (Fsp3) is 0.500. The first-order valence-corrected chi connectivity index (χ1v) is 9.86. The summed E-state index contributed by atoms with van der Waals surface area (Å²) in [5.41, 5.74) is 0. The highest BCUT2D eigenvalue weighted by Crippen LogP contribution is 2.37. The van der Waals surface area contributed by atoms with Crippen molar-refractivity contribution in [2.75, 3.05) is 19.6 Å². The van der Waals surface area contributed by atoms with Gasteiger partial charge in [0.2, 0.25) is 0 Å². The fourth-order valence-corrected chi connectivity index (χ4v) is 4.80. The molecular formula is C18H23BrN2S. The zero-order chi connectivity index (χ0) is 15.4. The molecule has 0 radical (unpaired) electrons. The maximum atomic E-state index is 4.20. The van der Waals surface area contributed by atoms with Gasteiger partial charge in [0, 0.05) is 32.4 Å². The van der Waals surface area contributed by atoms with E-state index in [1.807, 2.05) is 24.2 Å². The third-order valence-corrected chi connectivity index (χ3v) is 6.66. The van der Waals surface area contributed by atoms with E-state index in [9.17, 15) is 0 Å².